The van der Waals surface area contributed by atoms with E-state index in [-0.39, 0.29) is 11.9 Å². The van der Waals surface area contributed by atoms with E-state index in [2.05, 4.69) is 16.1 Å². The monoisotopic (exact) mass is 270 g/mol. The van der Waals surface area contributed by atoms with Crippen LogP contribution < -0.4 is 0 Å². The molecule has 0 bridgehead atoms. The van der Waals surface area contributed by atoms with E-state index in [0.29, 0.717) is 5.92 Å². The molecule has 0 unspecified atom stereocenters. The maximum atomic E-state index is 12.5. The minimum Gasteiger partial charge on any atom is -0.339 e. The lowest BCUT2D eigenvalue weighted by Crippen LogP contribution is -2.51. The second-order valence-electron chi connectivity index (χ2n) is 5.14. The summed E-state index contributed by atoms with van der Waals surface area (Å²) in [6.45, 7) is 3.58. The summed E-state index contributed by atoms with van der Waals surface area (Å²) in [5.74, 6) is 0.583. The van der Waals surface area contributed by atoms with Crippen LogP contribution in [0.25, 0.3) is 0 Å². The fraction of sp³-hybridized carbons (Fsp3) is 0.400. The van der Waals surface area contributed by atoms with Crippen LogP contribution >= 0.6 is 0 Å². The van der Waals surface area contributed by atoms with E-state index in [9.17, 15) is 4.79 Å². The zero-order valence-corrected chi connectivity index (χ0v) is 11.5. The van der Waals surface area contributed by atoms with Gasteiger partial charge in [-0.05, 0) is 24.1 Å². The first-order chi connectivity index (χ1) is 9.79. The van der Waals surface area contributed by atoms with Crippen molar-refractivity contribution < 1.29 is 4.79 Å². The molecule has 104 valence electrons. The van der Waals surface area contributed by atoms with Crippen LogP contribution in [0, 0.1) is 0 Å². The van der Waals surface area contributed by atoms with Gasteiger partial charge in [0.1, 0.15) is 6.04 Å². The van der Waals surface area contributed by atoms with E-state index >= 15 is 0 Å². The van der Waals surface area contributed by atoms with Crippen molar-refractivity contribution in [1.82, 2.24) is 19.7 Å². The minimum absolute atomic E-state index is 0.163. The van der Waals surface area contributed by atoms with Crippen LogP contribution in [0.1, 0.15) is 30.9 Å². The summed E-state index contributed by atoms with van der Waals surface area (Å²) < 4.78 is 1.75. The van der Waals surface area contributed by atoms with Gasteiger partial charge in [-0.3, -0.25) is 14.5 Å². The summed E-state index contributed by atoms with van der Waals surface area (Å²) in [5.41, 5.74) is 1.21. The molecule has 2 aromatic heterocycles. The molecule has 3 heterocycles. The Morgan fingerprint density at radius 1 is 1.40 bits per heavy atom. The summed E-state index contributed by atoms with van der Waals surface area (Å²) in [7, 11) is 0. The predicted octanol–water partition coefficient (Wildman–Crippen LogP) is 1.86. The fourth-order valence-electron chi connectivity index (χ4n) is 2.64. The van der Waals surface area contributed by atoms with Crippen molar-refractivity contribution in [3.8, 4) is 0 Å². The van der Waals surface area contributed by atoms with Gasteiger partial charge >= 0.3 is 0 Å². The van der Waals surface area contributed by atoms with Gasteiger partial charge in [-0.1, -0.05) is 13.0 Å². The molecule has 5 nitrogen and oxygen atoms in total. The smallest absolute Gasteiger partial charge is 0.247 e. The number of carbonyl (C=O) groups is 1. The van der Waals surface area contributed by atoms with Gasteiger partial charge in [0.05, 0.1) is 0 Å². The number of aromatic nitrogens is 3. The molecule has 0 aromatic carbocycles. The van der Waals surface area contributed by atoms with Crippen LogP contribution in [0.3, 0.4) is 0 Å². The molecular weight excluding hydrogens is 252 g/mol. The Morgan fingerprint density at radius 3 is 2.85 bits per heavy atom. The molecule has 0 radical (unpaired) electrons. The Hall–Kier alpha value is -2.17. The molecule has 1 aliphatic heterocycles. The Balaban J connectivity index is 1.63. The molecule has 0 aliphatic carbocycles. The first kappa shape index (κ1) is 12.8. The number of amides is 1. The van der Waals surface area contributed by atoms with Crippen LogP contribution in [0.15, 0.2) is 43.0 Å². The number of hydrogen-bond acceptors (Lipinski definition) is 3. The van der Waals surface area contributed by atoms with Gasteiger partial charge < -0.3 is 4.90 Å². The third-order valence-electron chi connectivity index (χ3n) is 3.86. The van der Waals surface area contributed by atoms with Crippen molar-refractivity contribution >= 4 is 5.91 Å². The van der Waals surface area contributed by atoms with Crippen LogP contribution in [0.2, 0.25) is 0 Å². The van der Waals surface area contributed by atoms with Gasteiger partial charge in [0, 0.05) is 43.8 Å². The van der Waals surface area contributed by atoms with Crippen molar-refractivity contribution in [2.24, 2.45) is 0 Å². The first-order valence-electron chi connectivity index (χ1n) is 6.97. The topological polar surface area (TPSA) is 51.0 Å². The fourth-order valence-corrected chi connectivity index (χ4v) is 2.64. The highest BCUT2D eigenvalue weighted by atomic mass is 16.2. The molecular formula is C15H18N4O. The van der Waals surface area contributed by atoms with Crippen LogP contribution in [0.5, 0.6) is 0 Å². The molecule has 20 heavy (non-hydrogen) atoms. The van der Waals surface area contributed by atoms with E-state index < -0.39 is 0 Å². The van der Waals surface area contributed by atoms with E-state index in [1.807, 2.05) is 36.4 Å². The third-order valence-corrected chi connectivity index (χ3v) is 3.86. The predicted molar refractivity (Wildman–Crippen MR) is 75.1 cm³/mol. The minimum atomic E-state index is -0.181. The van der Waals surface area contributed by atoms with E-state index in [0.717, 1.165) is 19.5 Å². The highest BCUT2D eigenvalue weighted by Gasteiger charge is 2.35. The lowest BCUT2D eigenvalue weighted by atomic mass is 9.92. The van der Waals surface area contributed by atoms with Crippen molar-refractivity contribution in [3.63, 3.8) is 0 Å². The molecule has 0 spiro atoms. The largest absolute Gasteiger partial charge is 0.339 e. The van der Waals surface area contributed by atoms with Gasteiger partial charge in [-0.15, -0.1) is 0 Å². The number of nitrogens with zero attached hydrogens (tertiary/aromatic N) is 4. The lowest BCUT2D eigenvalue weighted by Gasteiger charge is -2.41. The molecule has 3 rings (SSSR count). The Bertz CT molecular complexity index is 561. The van der Waals surface area contributed by atoms with E-state index in [1.54, 1.807) is 17.1 Å². The SMILES string of the molecule is CC[C@H](C(=O)N1CC(c2cccnc2)C1)n1cccn1. The number of carbonyl (C=O) groups excluding carboxylic acids is 1. The Labute approximate surface area is 118 Å². The maximum Gasteiger partial charge on any atom is 0.247 e. The highest BCUT2D eigenvalue weighted by Crippen LogP contribution is 2.29. The van der Waals surface area contributed by atoms with Gasteiger partial charge in [0.2, 0.25) is 5.91 Å². The normalized spacial score (nSPS) is 16.8. The molecule has 1 saturated heterocycles. The average Bonchev–Trinajstić information content (AvgIpc) is 2.93. The summed E-state index contributed by atoms with van der Waals surface area (Å²) in [5, 5.41) is 4.19. The molecule has 0 saturated carbocycles. The van der Waals surface area contributed by atoms with Crippen molar-refractivity contribution in [3.05, 3.63) is 48.5 Å². The number of hydrogen-bond donors (Lipinski definition) is 0. The van der Waals surface area contributed by atoms with Crippen LogP contribution in [-0.4, -0.2) is 38.7 Å². The van der Waals surface area contributed by atoms with Gasteiger partial charge in [-0.2, -0.15) is 5.10 Å². The summed E-state index contributed by atoms with van der Waals surface area (Å²) in [4.78, 5) is 18.5. The standard InChI is InChI=1S/C15H18N4O/c1-2-14(19-8-4-7-17-19)15(20)18-10-13(11-18)12-5-3-6-16-9-12/h3-9,13-14H,2,10-11H2,1H3/t14-/m1/s1. The van der Waals surface area contributed by atoms with Crippen LogP contribution in [0.4, 0.5) is 0 Å². The highest BCUT2D eigenvalue weighted by molar-refractivity contribution is 5.81. The number of likely N-dealkylation sites (tertiary alicyclic amines) is 1. The molecule has 1 fully saturated rings. The number of pyridine rings is 1. The van der Waals surface area contributed by atoms with Gasteiger partial charge in [0.25, 0.3) is 0 Å². The Kier molecular flexibility index (Phi) is 3.50. The van der Waals surface area contributed by atoms with E-state index in [1.165, 1.54) is 5.56 Å². The van der Waals surface area contributed by atoms with Crippen molar-refractivity contribution in [2.75, 3.05) is 13.1 Å². The summed E-state index contributed by atoms with van der Waals surface area (Å²) in [6.07, 6.45) is 7.98. The summed E-state index contributed by atoms with van der Waals surface area (Å²) in [6, 6.07) is 5.69. The first-order valence-corrected chi connectivity index (χ1v) is 6.97. The maximum absolute atomic E-state index is 12.5. The molecule has 5 heteroatoms. The quantitative estimate of drug-likeness (QED) is 0.852. The molecule has 1 aliphatic rings. The Morgan fingerprint density at radius 2 is 2.25 bits per heavy atom. The molecule has 1 amide bonds. The lowest BCUT2D eigenvalue weighted by molar-refractivity contribution is -0.139. The van der Waals surface area contributed by atoms with Crippen molar-refractivity contribution in [1.29, 1.82) is 0 Å². The average molecular weight is 270 g/mol. The number of rotatable bonds is 4. The third kappa shape index (κ3) is 2.31. The second-order valence-corrected chi connectivity index (χ2v) is 5.14. The molecule has 1 atom stereocenters. The van der Waals surface area contributed by atoms with Crippen molar-refractivity contribution in [2.45, 2.75) is 25.3 Å². The van der Waals surface area contributed by atoms with Gasteiger partial charge in [0.15, 0.2) is 0 Å². The van der Waals surface area contributed by atoms with Gasteiger partial charge in [-0.25, -0.2) is 0 Å². The molecule has 2 aromatic rings. The second kappa shape index (κ2) is 5.45. The zero-order valence-electron chi connectivity index (χ0n) is 11.5. The molecule has 0 N–H and O–H groups in total. The van der Waals surface area contributed by atoms with E-state index in [4.69, 9.17) is 0 Å². The van der Waals surface area contributed by atoms with Crippen LogP contribution in [-0.2, 0) is 4.79 Å². The summed E-state index contributed by atoms with van der Waals surface area (Å²) >= 11 is 0. The zero-order chi connectivity index (χ0) is 13.9.